The van der Waals surface area contributed by atoms with Crippen LogP contribution in [0.5, 0.6) is 0 Å². The van der Waals surface area contributed by atoms with E-state index in [9.17, 15) is 19.2 Å². The molecule has 0 bridgehead atoms. The van der Waals surface area contributed by atoms with Crippen molar-refractivity contribution in [3.63, 3.8) is 0 Å². The molecule has 27 heavy (non-hydrogen) atoms. The fourth-order valence-corrected chi connectivity index (χ4v) is 2.86. The zero-order chi connectivity index (χ0) is 20.1. The number of esters is 4. The molecule has 9 heteroatoms. The maximum absolute atomic E-state index is 12.3. The molecule has 1 atom stereocenters. The van der Waals surface area contributed by atoms with Gasteiger partial charge < -0.3 is 23.4 Å². The number of methoxy groups -OCH3 is 4. The van der Waals surface area contributed by atoms with Gasteiger partial charge in [-0.15, -0.1) is 0 Å². The van der Waals surface area contributed by atoms with Crippen LogP contribution in [0.1, 0.15) is 23.7 Å². The summed E-state index contributed by atoms with van der Waals surface area (Å²) >= 11 is 0. The Kier molecular flexibility index (Phi) is 6.17. The van der Waals surface area contributed by atoms with Gasteiger partial charge in [0.25, 0.3) is 0 Å². The SMILES string of the molecule is COC(=O)C=C(C(=O)OC)C1CC(C(=O)OC)=C(C(=O)OC)c2ccoc21. The Bertz CT molecular complexity index is 841. The van der Waals surface area contributed by atoms with Gasteiger partial charge >= 0.3 is 23.9 Å². The van der Waals surface area contributed by atoms with E-state index in [1.165, 1.54) is 19.4 Å². The van der Waals surface area contributed by atoms with Crippen molar-refractivity contribution in [3.05, 3.63) is 40.9 Å². The second-order valence-electron chi connectivity index (χ2n) is 5.41. The Morgan fingerprint density at radius 2 is 1.67 bits per heavy atom. The minimum atomic E-state index is -0.871. The maximum atomic E-state index is 12.3. The van der Waals surface area contributed by atoms with Crippen molar-refractivity contribution in [3.8, 4) is 0 Å². The lowest BCUT2D eigenvalue weighted by molar-refractivity contribution is -0.139. The van der Waals surface area contributed by atoms with Gasteiger partial charge in [0, 0.05) is 11.6 Å². The molecular weight excluding hydrogens is 360 g/mol. The van der Waals surface area contributed by atoms with Crippen LogP contribution in [-0.4, -0.2) is 52.3 Å². The van der Waals surface area contributed by atoms with Crippen LogP contribution in [0, 0.1) is 0 Å². The number of hydrogen-bond donors (Lipinski definition) is 0. The highest BCUT2D eigenvalue weighted by Gasteiger charge is 2.40. The molecule has 0 saturated heterocycles. The molecule has 0 fully saturated rings. The van der Waals surface area contributed by atoms with E-state index in [0.717, 1.165) is 27.4 Å². The van der Waals surface area contributed by atoms with Crippen LogP contribution in [0.4, 0.5) is 0 Å². The number of fused-ring (bicyclic) bond motifs is 1. The first-order chi connectivity index (χ1) is 12.9. The van der Waals surface area contributed by atoms with E-state index >= 15 is 0 Å². The van der Waals surface area contributed by atoms with Gasteiger partial charge in [0.1, 0.15) is 5.76 Å². The zero-order valence-corrected chi connectivity index (χ0v) is 15.2. The first kappa shape index (κ1) is 20.0. The van der Waals surface area contributed by atoms with Gasteiger partial charge in [0.15, 0.2) is 0 Å². The molecule has 2 rings (SSSR count). The Morgan fingerprint density at radius 1 is 1.00 bits per heavy atom. The third kappa shape index (κ3) is 3.76. The molecule has 144 valence electrons. The highest BCUT2D eigenvalue weighted by Crippen LogP contribution is 2.44. The average molecular weight is 378 g/mol. The molecule has 9 nitrogen and oxygen atoms in total. The quantitative estimate of drug-likeness (QED) is 0.422. The van der Waals surface area contributed by atoms with Crippen molar-refractivity contribution in [1.82, 2.24) is 0 Å². The molecule has 0 radical (unpaired) electrons. The third-order valence-corrected chi connectivity index (χ3v) is 4.08. The van der Waals surface area contributed by atoms with Crippen LogP contribution in [0.2, 0.25) is 0 Å². The fraction of sp³-hybridized carbons (Fsp3) is 0.333. The lowest BCUT2D eigenvalue weighted by Crippen LogP contribution is -2.24. The Hall–Kier alpha value is -3.36. The van der Waals surface area contributed by atoms with Crippen LogP contribution < -0.4 is 0 Å². The van der Waals surface area contributed by atoms with Crippen molar-refractivity contribution >= 4 is 29.5 Å². The number of furan rings is 1. The molecule has 1 aliphatic rings. The van der Waals surface area contributed by atoms with E-state index < -0.39 is 29.8 Å². The lowest BCUT2D eigenvalue weighted by atomic mass is 9.79. The molecule has 0 aliphatic heterocycles. The summed E-state index contributed by atoms with van der Waals surface area (Å²) in [7, 11) is 4.64. The van der Waals surface area contributed by atoms with E-state index in [1.54, 1.807) is 0 Å². The van der Waals surface area contributed by atoms with Gasteiger partial charge in [0.2, 0.25) is 0 Å². The van der Waals surface area contributed by atoms with Gasteiger partial charge in [-0.25, -0.2) is 19.2 Å². The average Bonchev–Trinajstić information content (AvgIpc) is 3.18. The smallest absolute Gasteiger partial charge is 0.339 e. The van der Waals surface area contributed by atoms with Crippen molar-refractivity contribution < 1.29 is 42.5 Å². The summed E-state index contributed by atoms with van der Waals surface area (Å²) in [5.74, 6) is -3.78. The first-order valence-corrected chi connectivity index (χ1v) is 7.74. The summed E-state index contributed by atoms with van der Waals surface area (Å²) in [6.45, 7) is 0. The minimum absolute atomic E-state index is 0.0112. The summed E-state index contributed by atoms with van der Waals surface area (Å²) in [6.07, 6.45) is 2.12. The molecule has 1 aromatic rings. The highest BCUT2D eigenvalue weighted by atomic mass is 16.5. The summed E-state index contributed by atoms with van der Waals surface area (Å²) in [5.41, 5.74) is 0.138. The van der Waals surface area contributed by atoms with Crippen molar-refractivity contribution in [2.24, 2.45) is 0 Å². The van der Waals surface area contributed by atoms with E-state index in [4.69, 9.17) is 18.6 Å². The van der Waals surface area contributed by atoms with Gasteiger partial charge in [-0.2, -0.15) is 0 Å². The van der Waals surface area contributed by atoms with E-state index in [0.29, 0.717) is 0 Å². The largest absolute Gasteiger partial charge is 0.468 e. The number of hydrogen-bond acceptors (Lipinski definition) is 9. The highest BCUT2D eigenvalue weighted by molar-refractivity contribution is 6.23. The second kappa shape index (κ2) is 8.35. The molecule has 1 heterocycles. The molecule has 1 aliphatic carbocycles. The number of carbonyl (C=O) groups is 4. The van der Waals surface area contributed by atoms with Crippen LogP contribution in [-0.2, 0) is 38.1 Å². The van der Waals surface area contributed by atoms with Crippen LogP contribution in [0.15, 0.2) is 34.0 Å². The molecule has 0 aromatic carbocycles. The molecule has 0 N–H and O–H groups in total. The van der Waals surface area contributed by atoms with Gasteiger partial charge in [0.05, 0.1) is 57.3 Å². The Labute approximate surface area is 154 Å². The summed E-state index contributed by atoms with van der Waals surface area (Å²) in [5, 5.41) is 0. The van der Waals surface area contributed by atoms with Crippen molar-refractivity contribution in [2.75, 3.05) is 28.4 Å². The van der Waals surface area contributed by atoms with Crippen LogP contribution in [0.25, 0.3) is 5.57 Å². The first-order valence-electron chi connectivity index (χ1n) is 7.74. The van der Waals surface area contributed by atoms with E-state index in [-0.39, 0.29) is 34.5 Å². The van der Waals surface area contributed by atoms with Crippen LogP contribution >= 0.6 is 0 Å². The fourth-order valence-electron chi connectivity index (χ4n) is 2.86. The summed E-state index contributed by atoms with van der Waals surface area (Å²) in [4.78, 5) is 48.5. The normalized spacial score (nSPS) is 16.3. The number of rotatable bonds is 5. The standard InChI is InChI=1S/C18H18O9/c1-23-13(19)8-11(16(20)24-2)10-7-12(17(21)25-3)14(18(22)26-4)9-5-6-27-15(9)10/h5-6,8,10H,7H2,1-4H3. The lowest BCUT2D eigenvalue weighted by Gasteiger charge is -2.25. The molecule has 1 unspecified atom stereocenters. The molecular formula is C18H18O9. The van der Waals surface area contributed by atoms with Crippen LogP contribution in [0.3, 0.4) is 0 Å². The van der Waals surface area contributed by atoms with Gasteiger partial charge in [-0.05, 0) is 12.5 Å². The van der Waals surface area contributed by atoms with E-state index in [2.05, 4.69) is 4.74 Å². The Balaban J connectivity index is 2.69. The van der Waals surface area contributed by atoms with E-state index in [1.807, 2.05) is 0 Å². The molecule has 0 saturated carbocycles. The molecule has 1 aromatic heterocycles. The predicted molar refractivity (Wildman–Crippen MR) is 89.1 cm³/mol. The second-order valence-corrected chi connectivity index (χ2v) is 5.41. The third-order valence-electron chi connectivity index (χ3n) is 4.08. The zero-order valence-electron chi connectivity index (χ0n) is 15.2. The number of ether oxygens (including phenoxy) is 4. The summed E-state index contributed by atoms with van der Waals surface area (Å²) in [6, 6.07) is 1.46. The van der Waals surface area contributed by atoms with Gasteiger partial charge in [-0.3, -0.25) is 0 Å². The monoisotopic (exact) mass is 378 g/mol. The number of carbonyl (C=O) groups excluding carboxylic acids is 4. The minimum Gasteiger partial charge on any atom is -0.468 e. The molecule has 0 spiro atoms. The van der Waals surface area contributed by atoms with Gasteiger partial charge in [-0.1, -0.05) is 0 Å². The summed E-state index contributed by atoms with van der Waals surface area (Å²) < 4.78 is 24.3. The van der Waals surface area contributed by atoms with Crippen molar-refractivity contribution in [1.29, 1.82) is 0 Å². The topological polar surface area (TPSA) is 118 Å². The van der Waals surface area contributed by atoms with Crippen molar-refractivity contribution in [2.45, 2.75) is 12.3 Å². The maximum Gasteiger partial charge on any atom is 0.339 e. The predicted octanol–water partition coefficient (Wildman–Crippen LogP) is 1.14. The Morgan fingerprint density at radius 3 is 2.22 bits per heavy atom. The molecule has 0 amide bonds.